The molecule has 1 saturated heterocycles. The molecule has 0 amide bonds. The molecule has 8 heteroatoms. The number of rotatable bonds is 6. The van der Waals surface area contributed by atoms with Gasteiger partial charge in [0.15, 0.2) is 6.10 Å². The molecule has 1 aliphatic rings. The van der Waals surface area contributed by atoms with E-state index in [0.717, 1.165) is 0 Å². The lowest BCUT2D eigenvalue weighted by Gasteiger charge is -2.35. The Hall–Kier alpha value is -4.04. The Bertz CT molecular complexity index is 1130. The summed E-state index contributed by atoms with van der Waals surface area (Å²) >= 11 is 0. The number of nitrogens with zero attached hydrogens (tertiary/aromatic N) is 1. The van der Waals surface area contributed by atoms with Crippen LogP contribution in [0, 0.1) is 0 Å². The zero-order valence-electron chi connectivity index (χ0n) is 18.5. The highest BCUT2D eigenvalue weighted by Gasteiger charge is 2.38. The fourth-order valence-corrected chi connectivity index (χ4v) is 3.58. The third-order valence-electron chi connectivity index (χ3n) is 5.40. The van der Waals surface area contributed by atoms with Gasteiger partial charge in [0.2, 0.25) is 0 Å². The third-order valence-corrected chi connectivity index (χ3v) is 5.40. The SMILES string of the molecule is COC(=O)c1ccc([C@H]2C[C@H](OC(=O)c3ccccc3)[C@H](OC(=O)c3ccccc3)CO2)nc1. The summed E-state index contributed by atoms with van der Waals surface area (Å²) in [4.78, 5) is 41.3. The van der Waals surface area contributed by atoms with Crippen LogP contribution in [-0.2, 0) is 18.9 Å². The summed E-state index contributed by atoms with van der Waals surface area (Å²) in [5.41, 5.74) is 1.64. The van der Waals surface area contributed by atoms with Gasteiger partial charge < -0.3 is 18.9 Å². The number of hydrogen-bond acceptors (Lipinski definition) is 8. The average Bonchev–Trinajstić information content (AvgIpc) is 2.90. The summed E-state index contributed by atoms with van der Waals surface area (Å²) in [5, 5.41) is 0. The minimum absolute atomic E-state index is 0.0103. The molecule has 1 aromatic heterocycles. The summed E-state index contributed by atoms with van der Waals surface area (Å²) in [6, 6.07) is 20.4. The minimum Gasteiger partial charge on any atom is -0.465 e. The Morgan fingerprint density at radius 2 is 1.35 bits per heavy atom. The van der Waals surface area contributed by atoms with Gasteiger partial charge in [0.1, 0.15) is 12.2 Å². The maximum Gasteiger partial charge on any atom is 0.339 e. The van der Waals surface area contributed by atoms with Crippen molar-refractivity contribution in [3.05, 3.63) is 101 Å². The van der Waals surface area contributed by atoms with Gasteiger partial charge in [-0.15, -0.1) is 0 Å². The molecule has 0 saturated carbocycles. The Morgan fingerprint density at radius 3 is 1.88 bits per heavy atom. The number of carbonyl (C=O) groups excluding carboxylic acids is 3. The second kappa shape index (κ2) is 10.7. The molecule has 0 N–H and O–H groups in total. The molecule has 4 rings (SSSR count). The fraction of sp³-hybridized carbons (Fsp3) is 0.231. The van der Waals surface area contributed by atoms with Crippen molar-refractivity contribution in [2.45, 2.75) is 24.7 Å². The Kier molecular flexibility index (Phi) is 7.29. The van der Waals surface area contributed by atoms with Gasteiger partial charge in [-0.05, 0) is 36.4 Å². The van der Waals surface area contributed by atoms with Crippen LogP contribution in [0.25, 0.3) is 0 Å². The van der Waals surface area contributed by atoms with Crippen molar-refractivity contribution >= 4 is 17.9 Å². The van der Waals surface area contributed by atoms with Gasteiger partial charge in [-0.3, -0.25) is 4.98 Å². The van der Waals surface area contributed by atoms with Gasteiger partial charge in [0, 0.05) is 12.6 Å². The number of hydrogen-bond donors (Lipinski definition) is 0. The second-order valence-corrected chi connectivity index (χ2v) is 7.64. The smallest absolute Gasteiger partial charge is 0.339 e. The van der Waals surface area contributed by atoms with Gasteiger partial charge in [-0.2, -0.15) is 0 Å². The van der Waals surface area contributed by atoms with Gasteiger partial charge in [-0.1, -0.05) is 36.4 Å². The lowest BCUT2D eigenvalue weighted by atomic mass is 10.00. The van der Waals surface area contributed by atoms with Crippen molar-refractivity contribution in [1.82, 2.24) is 4.98 Å². The van der Waals surface area contributed by atoms with Crippen LogP contribution in [0.2, 0.25) is 0 Å². The number of methoxy groups -OCH3 is 1. The highest BCUT2D eigenvalue weighted by molar-refractivity contribution is 5.90. The zero-order chi connectivity index (χ0) is 23.9. The molecule has 1 fully saturated rings. The van der Waals surface area contributed by atoms with Crippen molar-refractivity contribution in [3.8, 4) is 0 Å². The number of pyridine rings is 1. The Labute approximate surface area is 196 Å². The lowest BCUT2D eigenvalue weighted by molar-refractivity contribution is -0.131. The van der Waals surface area contributed by atoms with Crippen molar-refractivity contribution in [2.24, 2.45) is 0 Å². The van der Waals surface area contributed by atoms with E-state index in [1.807, 2.05) is 0 Å². The van der Waals surface area contributed by atoms with E-state index in [2.05, 4.69) is 4.98 Å². The highest BCUT2D eigenvalue weighted by Crippen LogP contribution is 2.31. The summed E-state index contributed by atoms with van der Waals surface area (Å²) < 4.78 is 22.0. The molecule has 0 bridgehead atoms. The molecule has 3 atom stereocenters. The molecule has 0 radical (unpaired) electrons. The molecule has 174 valence electrons. The van der Waals surface area contributed by atoms with E-state index >= 15 is 0 Å². The predicted molar refractivity (Wildman–Crippen MR) is 120 cm³/mol. The molecule has 3 aromatic rings. The lowest BCUT2D eigenvalue weighted by Crippen LogP contribution is -2.44. The van der Waals surface area contributed by atoms with Crippen LogP contribution in [0.15, 0.2) is 79.0 Å². The molecule has 2 heterocycles. The predicted octanol–water partition coefficient (Wildman–Crippen LogP) is 3.78. The van der Waals surface area contributed by atoms with E-state index in [4.69, 9.17) is 18.9 Å². The molecule has 0 spiro atoms. The fourth-order valence-electron chi connectivity index (χ4n) is 3.58. The maximum atomic E-state index is 12.7. The largest absolute Gasteiger partial charge is 0.465 e. The first-order valence-corrected chi connectivity index (χ1v) is 10.7. The van der Waals surface area contributed by atoms with E-state index in [1.165, 1.54) is 13.3 Å². The Morgan fingerprint density at radius 1 is 0.765 bits per heavy atom. The van der Waals surface area contributed by atoms with Crippen LogP contribution in [-0.4, -0.2) is 48.8 Å². The summed E-state index contributed by atoms with van der Waals surface area (Å²) in [7, 11) is 1.29. The molecular formula is C26H23NO7. The number of aromatic nitrogens is 1. The van der Waals surface area contributed by atoms with Crippen LogP contribution in [0.3, 0.4) is 0 Å². The second-order valence-electron chi connectivity index (χ2n) is 7.64. The number of carbonyl (C=O) groups is 3. The van der Waals surface area contributed by atoms with Crippen LogP contribution in [0.4, 0.5) is 0 Å². The summed E-state index contributed by atoms with van der Waals surface area (Å²) in [5.74, 6) is -1.55. The van der Waals surface area contributed by atoms with Crippen molar-refractivity contribution in [1.29, 1.82) is 0 Å². The minimum atomic E-state index is -0.800. The Balaban J connectivity index is 1.52. The quantitative estimate of drug-likeness (QED) is 0.404. The first-order valence-electron chi connectivity index (χ1n) is 10.7. The molecule has 8 nitrogen and oxygen atoms in total. The monoisotopic (exact) mass is 461 g/mol. The topological polar surface area (TPSA) is 101 Å². The normalized spacial score (nSPS) is 19.6. The van der Waals surface area contributed by atoms with Gasteiger partial charge in [-0.25, -0.2) is 14.4 Å². The third kappa shape index (κ3) is 5.47. The van der Waals surface area contributed by atoms with Crippen molar-refractivity contribution < 1.29 is 33.3 Å². The van der Waals surface area contributed by atoms with E-state index in [1.54, 1.807) is 72.8 Å². The average molecular weight is 461 g/mol. The molecule has 34 heavy (non-hydrogen) atoms. The highest BCUT2D eigenvalue weighted by atomic mass is 16.6. The van der Waals surface area contributed by atoms with Crippen LogP contribution in [0.5, 0.6) is 0 Å². The molecule has 1 aliphatic heterocycles. The van der Waals surface area contributed by atoms with E-state index < -0.39 is 36.2 Å². The summed E-state index contributed by atoms with van der Waals surface area (Å²) in [6.07, 6.45) is -0.466. The molecular weight excluding hydrogens is 438 g/mol. The van der Waals surface area contributed by atoms with E-state index in [-0.39, 0.29) is 13.0 Å². The molecule has 0 aliphatic carbocycles. The number of benzene rings is 2. The van der Waals surface area contributed by atoms with Crippen LogP contribution < -0.4 is 0 Å². The van der Waals surface area contributed by atoms with Crippen LogP contribution in [0.1, 0.15) is 49.3 Å². The summed E-state index contributed by atoms with van der Waals surface area (Å²) in [6.45, 7) is 0.0103. The van der Waals surface area contributed by atoms with E-state index in [9.17, 15) is 14.4 Å². The van der Waals surface area contributed by atoms with Gasteiger partial charge in [0.05, 0.1) is 36.1 Å². The maximum absolute atomic E-state index is 12.7. The number of esters is 3. The zero-order valence-corrected chi connectivity index (χ0v) is 18.5. The van der Waals surface area contributed by atoms with Crippen LogP contribution >= 0.6 is 0 Å². The van der Waals surface area contributed by atoms with Gasteiger partial charge >= 0.3 is 17.9 Å². The standard InChI is InChI=1S/C26H23NO7/c1-31-24(28)19-12-13-20(27-15-19)21-14-22(33-25(29)17-8-4-2-5-9-17)23(16-32-21)34-26(30)18-10-6-3-7-11-18/h2-13,15,21-23H,14,16H2,1H3/t21-,22+,23-/m1/s1. The van der Waals surface area contributed by atoms with Crippen molar-refractivity contribution in [2.75, 3.05) is 13.7 Å². The first kappa shape index (κ1) is 23.1. The number of ether oxygens (including phenoxy) is 4. The first-order chi connectivity index (χ1) is 16.5. The van der Waals surface area contributed by atoms with Crippen molar-refractivity contribution in [3.63, 3.8) is 0 Å². The molecule has 0 unspecified atom stereocenters. The molecule has 2 aromatic carbocycles. The van der Waals surface area contributed by atoms with Gasteiger partial charge in [0.25, 0.3) is 0 Å². The van der Waals surface area contributed by atoms with E-state index in [0.29, 0.717) is 22.4 Å².